The van der Waals surface area contributed by atoms with Gasteiger partial charge in [-0.1, -0.05) is 0 Å². The van der Waals surface area contributed by atoms with Crippen LogP contribution in [0.5, 0.6) is 0 Å². The van der Waals surface area contributed by atoms with E-state index in [1.807, 2.05) is 0 Å². The number of nitrogens with zero attached hydrogens (tertiary/aromatic N) is 4. The molecule has 0 fully saturated rings. The van der Waals surface area contributed by atoms with Crippen molar-refractivity contribution in [1.82, 2.24) is 19.7 Å². The standard InChI is InChI=1S/C11H11N5O3/c1-19-10(17)7-16-6-8(4-14-16)15-11(18)9-5-12-2-3-13-9/h2-6H,7H2,1H3,(H,15,18). The Labute approximate surface area is 108 Å². The van der Waals surface area contributed by atoms with E-state index in [4.69, 9.17) is 0 Å². The van der Waals surface area contributed by atoms with Gasteiger partial charge in [0.15, 0.2) is 0 Å². The van der Waals surface area contributed by atoms with Crippen LogP contribution >= 0.6 is 0 Å². The summed E-state index contributed by atoms with van der Waals surface area (Å²) in [6.07, 6.45) is 7.21. The van der Waals surface area contributed by atoms with Crippen molar-refractivity contribution in [3.8, 4) is 0 Å². The van der Waals surface area contributed by atoms with Crippen molar-refractivity contribution in [1.29, 1.82) is 0 Å². The van der Waals surface area contributed by atoms with Crippen molar-refractivity contribution in [2.45, 2.75) is 6.54 Å². The maximum atomic E-state index is 11.8. The van der Waals surface area contributed by atoms with Crippen molar-refractivity contribution in [2.75, 3.05) is 12.4 Å². The Morgan fingerprint density at radius 2 is 2.21 bits per heavy atom. The highest BCUT2D eigenvalue weighted by molar-refractivity contribution is 6.02. The molecule has 0 atom stereocenters. The molecule has 8 nitrogen and oxygen atoms in total. The zero-order valence-corrected chi connectivity index (χ0v) is 10.1. The minimum absolute atomic E-state index is 0.0164. The molecule has 1 N–H and O–H groups in total. The summed E-state index contributed by atoms with van der Waals surface area (Å²) in [5.74, 6) is -0.819. The second-order valence-electron chi connectivity index (χ2n) is 3.55. The number of anilines is 1. The third-order valence-corrected chi connectivity index (χ3v) is 2.21. The second kappa shape index (κ2) is 5.71. The number of methoxy groups -OCH3 is 1. The third kappa shape index (κ3) is 3.35. The maximum absolute atomic E-state index is 11.8. The SMILES string of the molecule is COC(=O)Cn1cc(NC(=O)c2cnccn2)cn1. The molecule has 0 aliphatic carbocycles. The van der Waals surface area contributed by atoms with E-state index >= 15 is 0 Å². The number of carbonyl (C=O) groups excluding carboxylic acids is 2. The lowest BCUT2D eigenvalue weighted by atomic mass is 10.4. The average molecular weight is 261 g/mol. The Morgan fingerprint density at radius 3 is 2.89 bits per heavy atom. The Morgan fingerprint density at radius 1 is 1.37 bits per heavy atom. The summed E-state index contributed by atoms with van der Waals surface area (Å²) in [5.41, 5.74) is 0.655. The molecule has 0 bridgehead atoms. The number of rotatable bonds is 4. The quantitative estimate of drug-likeness (QED) is 0.783. The summed E-state index contributed by atoms with van der Waals surface area (Å²) in [5, 5.41) is 6.51. The first kappa shape index (κ1) is 12.7. The largest absolute Gasteiger partial charge is 0.468 e. The fraction of sp³-hybridized carbons (Fsp3) is 0.182. The molecule has 2 rings (SSSR count). The lowest BCUT2D eigenvalue weighted by Gasteiger charge is -2.00. The Kier molecular flexibility index (Phi) is 3.81. The first-order valence-electron chi connectivity index (χ1n) is 5.35. The second-order valence-corrected chi connectivity index (χ2v) is 3.55. The van der Waals surface area contributed by atoms with E-state index in [-0.39, 0.29) is 12.2 Å². The normalized spacial score (nSPS) is 9.95. The molecule has 0 aliphatic rings. The summed E-state index contributed by atoms with van der Waals surface area (Å²) < 4.78 is 5.87. The van der Waals surface area contributed by atoms with Gasteiger partial charge in [-0.05, 0) is 0 Å². The zero-order valence-electron chi connectivity index (χ0n) is 10.1. The number of ether oxygens (including phenoxy) is 1. The number of hydrogen-bond donors (Lipinski definition) is 1. The molecule has 0 aliphatic heterocycles. The van der Waals surface area contributed by atoms with Gasteiger partial charge in [0.1, 0.15) is 12.2 Å². The van der Waals surface area contributed by atoms with Gasteiger partial charge in [-0.2, -0.15) is 5.10 Å². The molecule has 0 saturated carbocycles. The number of aromatic nitrogens is 4. The van der Waals surface area contributed by atoms with Gasteiger partial charge in [-0.25, -0.2) is 4.98 Å². The van der Waals surface area contributed by atoms with Gasteiger partial charge < -0.3 is 10.1 Å². The molecular formula is C11H11N5O3. The van der Waals surface area contributed by atoms with Crippen molar-refractivity contribution in [3.05, 3.63) is 36.7 Å². The van der Waals surface area contributed by atoms with Crippen LogP contribution in [0.25, 0.3) is 0 Å². The summed E-state index contributed by atoms with van der Waals surface area (Å²) in [7, 11) is 1.29. The summed E-state index contributed by atoms with van der Waals surface area (Å²) in [6.45, 7) is -0.0164. The lowest BCUT2D eigenvalue weighted by Crippen LogP contribution is -2.14. The molecule has 0 radical (unpaired) electrons. The number of hydrogen-bond acceptors (Lipinski definition) is 6. The van der Waals surface area contributed by atoms with Crippen LogP contribution in [0.15, 0.2) is 31.0 Å². The minimum Gasteiger partial charge on any atom is -0.468 e. The molecule has 19 heavy (non-hydrogen) atoms. The van der Waals surface area contributed by atoms with Crippen molar-refractivity contribution < 1.29 is 14.3 Å². The van der Waals surface area contributed by atoms with E-state index in [1.54, 1.807) is 0 Å². The first-order chi connectivity index (χ1) is 9.19. The number of carbonyl (C=O) groups is 2. The molecule has 2 aromatic heterocycles. The topological polar surface area (TPSA) is 99.0 Å². The predicted octanol–water partition coefficient (Wildman–Crippen LogP) is 0.0984. The zero-order chi connectivity index (χ0) is 13.7. The van der Waals surface area contributed by atoms with E-state index in [0.29, 0.717) is 5.69 Å². The molecule has 0 aromatic carbocycles. The highest BCUT2D eigenvalue weighted by Gasteiger charge is 2.09. The highest BCUT2D eigenvalue weighted by Crippen LogP contribution is 2.06. The monoisotopic (exact) mass is 261 g/mol. The molecule has 0 unspecified atom stereocenters. The Hall–Kier alpha value is -2.77. The van der Waals surface area contributed by atoms with Gasteiger partial charge in [0.25, 0.3) is 5.91 Å². The fourth-order valence-electron chi connectivity index (χ4n) is 1.32. The predicted molar refractivity (Wildman–Crippen MR) is 64.2 cm³/mol. The lowest BCUT2D eigenvalue weighted by molar-refractivity contribution is -0.141. The molecule has 0 saturated heterocycles. The molecule has 2 aromatic rings. The first-order valence-corrected chi connectivity index (χ1v) is 5.35. The summed E-state index contributed by atoms with van der Waals surface area (Å²) in [4.78, 5) is 30.5. The third-order valence-electron chi connectivity index (χ3n) is 2.21. The van der Waals surface area contributed by atoms with E-state index in [2.05, 4.69) is 25.1 Å². The van der Waals surface area contributed by atoms with Gasteiger partial charge in [0.05, 0.1) is 25.2 Å². The molecule has 8 heteroatoms. The van der Waals surface area contributed by atoms with E-state index < -0.39 is 11.9 Å². The van der Waals surface area contributed by atoms with Crippen LogP contribution < -0.4 is 5.32 Å². The molecule has 2 heterocycles. The van der Waals surface area contributed by atoms with Crippen molar-refractivity contribution in [2.24, 2.45) is 0 Å². The van der Waals surface area contributed by atoms with E-state index in [9.17, 15) is 9.59 Å². The van der Waals surface area contributed by atoms with E-state index in [0.717, 1.165) is 0 Å². The van der Waals surface area contributed by atoms with Gasteiger partial charge >= 0.3 is 5.97 Å². The summed E-state index contributed by atoms with van der Waals surface area (Å²) in [6, 6.07) is 0. The van der Waals surface area contributed by atoms with Crippen LogP contribution in [0.2, 0.25) is 0 Å². The summed E-state index contributed by atoms with van der Waals surface area (Å²) >= 11 is 0. The van der Waals surface area contributed by atoms with Crippen LogP contribution in [0.1, 0.15) is 10.5 Å². The number of amides is 1. The molecular weight excluding hydrogens is 250 g/mol. The van der Waals surface area contributed by atoms with Gasteiger partial charge in [-0.15, -0.1) is 0 Å². The fourth-order valence-corrected chi connectivity index (χ4v) is 1.32. The molecule has 1 amide bonds. The average Bonchev–Trinajstić information content (AvgIpc) is 2.86. The number of esters is 1. The Balaban J connectivity index is 2.00. The number of nitrogens with one attached hydrogen (secondary N) is 1. The smallest absolute Gasteiger partial charge is 0.327 e. The molecule has 0 spiro atoms. The van der Waals surface area contributed by atoms with Crippen molar-refractivity contribution >= 4 is 17.6 Å². The van der Waals surface area contributed by atoms with Crippen LogP contribution in [-0.2, 0) is 16.1 Å². The van der Waals surface area contributed by atoms with Gasteiger partial charge in [0, 0.05) is 18.6 Å². The van der Waals surface area contributed by atoms with Crippen LogP contribution in [0, 0.1) is 0 Å². The van der Waals surface area contributed by atoms with Gasteiger partial charge in [-0.3, -0.25) is 19.3 Å². The van der Waals surface area contributed by atoms with Crippen LogP contribution in [0.4, 0.5) is 5.69 Å². The van der Waals surface area contributed by atoms with Crippen molar-refractivity contribution in [3.63, 3.8) is 0 Å². The van der Waals surface area contributed by atoms with Crippen LogP contribution in [-0.4, -0.2) is 38.7 Å². The highest BCUT2D eigenvalue weighted by atomic mass is 16.5. The molecule has 98 valence electrons. The Bertz CT molecular complexity index is 581. The minimum atomic E-state index is -0.421. The maximum Gasteiger partial charge on any atom is 0.327 e. The van der Waals surface area contributed by atoms with Gasteiger partial charge in [0.2, 0.25) is 0 Å². The van der Waals surface area contributed by atoms with E-state index in [1.165, 1.54) is 42.8 Å². The van der Waals surface area contributed by atoms with Crippen LogP contribution in [0.3, 0.4) is 0 Å².